The van der Waals surface area contributed by atoms with E-state index in [2.05, 4.69) is 15.5 Å². The smallest absolute Gasteiger partial charge is 0.255 e. The van der Waals surface area contributed by atoms with E-state index in [0.29, 0.717) is 12.2 Å². The molecular weight excluding hydrogens is 230 g/mol. The van der Waals surface area contributed by atoms with Gasteiger partial charge in [-0.05, 0) is 19.3 Å². The molecule has 0 spiro atoms. The van der Waals surface area contributed by atoms with Gasteiger partial charge in [0, 0.05) is 12.8 Å². The zero-order valence-corrected chi connectivity index (χ0v) is 11.1. The summed E-state index contributed by atoms with van der Waals surface area (Å²) in [6, 6.07) is 0. The summed E-state index contributed by atoms with van der Waals surface area (Å²) in [7, 11) is 1.68. The molecule has 0 unspecified atom stereocenters. The van der Waals surface area contributed by atoms with E-state index in [1.54, 1.807) is 13.3 Å². The second kappa shape index (κ2) is 5.52. The number of carbonyl (C=O) groups is 1. The number of amides is 1. The van der Waals surface area contributed by atoms with Crippen LogP contribution in [0.5, 0.6) is 0 Å². The number of aryl methyl sites for hydroxylation is 1. The molecule has 5 heteroatoms. The lowest BCUT2D eigenvalue weighted by molar-refractivity contribution is 0.0766. The third-order valence-electron chi connectivity index (χ3n) is 3.68. The van der Waals surface area contributed by atoms with Crippen molar-refractivity contribution in [3.63, 3.8) is 0 Å². The van der Waals surface area contributed by atoms with Gasteiger partial charge in [-0.1, -0.05) is 19.8 Å². The van der Waals surface area contributed by atoms with Crippen molar-refractivity contribution in [1.29, 1.82) is 0 Å². The Morgan fingerprint density at radius 1 is 1.56 bits per heavy atom. The summed E-state index contributed by atoms with van der Waals surface area (Å²) in [5.41, 5.74) is 1.35. The molecule has 1 saturated carbocycles. The zero-order valence-electron chi connectivity index (χ0n) is 11.1. The van der Waals surface area contributed by atoms with Gasteiger partial charge in [0.1, 0.15) is 0 Å². The van der Waals surface area contributed by atoms with Crippen LogP contribution in [0.4, 0.5) is 0 Å². The molecule has 0 radical (unpaired) electrons. The van der Waals surface area contributed by atoms with Crippen molar-refractivity contribution < 1.29 is 9.53 Å². The number of aromatic amines is 1. The van der Waals surface area contributed by atoms with E-state index in [4.69, 9.17) is 4.74 Å². The van der Waals surface area contributed by atoms with Gasteiger partial charge in [-0.25, -0.2) is 0 Å². The molecule has 1 aromatic heterocycles. The maximum Gasteiger partial charge on any atom is 0.255 e. The second-order valence-electron chi connectivity index (χ2n) is 4.99. The molecule has 0 saturated heterocycles. The first-order valence-corrected chi connectivity index (χ1v) is 6.54. The fourth-order valence-corrected chi connectivity index (χ4v) is 2.72. The molecule has 5 nitrogen and oxygen atoms in total. The average Bonchev–Trinajstić information content (AvgIpc) is 2.98. The molecule has 0 bridgehead atoms. The van der Waals surface area contributed by atoms with Gasteiger partial charge in [0.25, 0.3) is 5.91 Å². The Labute approximate surface area is 107 Å². The van der Waals surface area contributed by atoms with Crippen LogP contribution in [0.1, 0.15) is 48.7 Å². The van der Waals surface area contributed by atoms with E-state index in [-0.39, 0.29) is 11.4 Å². The molecule has 1 fully saturated rings. The fraction of sp³-hybridized carbons (Fsp3) is 0.692. The standard InChI is InChI=1S/C13H21N3O2/c1-3-11-10(8-14-16-11)12(17)15-13(9-18-2)6-4-5-7-13/h8H,3-7,9H2,1-2H3,(H,14,16)(H,15,17). The summed E-state index contributed by atoms with van der Waals surface area (Å²) in [6.07, 6.45) is 6.66. The van der Waals surface area contributed by atoms with Crippen molar-refractivity contribution >= 4 is 5.91 Å². The summed E-state index contributed by atoms with van der Waals surface area (Å²) in [5, 5.41) is 9.95. The van der Waals surface area contributed by atoms with E-state index in [0.717, 1.165) is 37.8 Å². The summed E-state index contributed by atoms with van der Waals surface area (Å²) >= 11 is 0. The number of methoxy groups -OCH3 is 1. The highest BCUT2D eigenvalue weighted by Gasteiger charge is 2.36. The number of rotatable bonds is 5. The normalized spacial score (nSPS) is 17.9. The molecular formula is C13H21N3O2. The third kappa shape index (κ3) is 2.56. The van der Waals surface area contributed by atoms with Gasteiger partial charge in [-0.3, -0.25) is 9.89 Å². The first-order valence-electron chi connectivity index (χ1n) is 6.54. The molecule has 2 rings (SSSR count). The number of nitrogens with one attached hydrogen (secondary N) is 2. The summed E-state index contributed by atoms with van der Waals surface area (Å²) in [6.45, 7) is 2.59. The number of H-pyrrole nitrogens is 1. The lowest BCUT2D eigenvalue weighted by atomic mass is 9.98. The van der Waals surface area contributed by atoms with Crippen LogP contribution >= 0.6 is 0 Å². The van der Waals surface area contributed by atoms with Crippen LogP contribution in [0, 0.1) is 0 Å². The third-order valence-corrected chi connectivity index (χ3v) is 3.68. The first-order chi connectivity index (χ1) is 8.71. The Balaban J connectivity index is 2.10. The van der Waals surface area contributed by atoms with Gasteiger partial charge in [-0.2, -0.15) is 5.10 Å². The Kier molecular flexibility index (Phi) is 4.01. The van der Waals surface area contributed by atoms with Crippen molar-refractivity contribution in [3.8, 4) is 0 Å². The summed E-state index contributed by atoms with van der Waals surface area (Å²) < 4.78 is 5.27. The lowest BCUT2D eigenvalue weighted by Crippen LogP contribution is -2.49. The fourth-order valence-electron chi connectivity index (χ4n) is 2.72. The van der Waals surface area contributed by atoms with Crippen LogP contribution in [0.3, 0.4) is 0 Å². The maximum absolute atomic E-state index is 12.3. The van der Waals surface area contributed by atoms with Crippen LogP contribution in [-0.2, 0) is 11.2 Å². The molecule has 0 aliphatic heterocycles. The molecule has 18 heavy (non-hydrogen) atoms. The molecule has 100 valence electrons. The van der Waals surface area contributed by atoms with Crippen LogP contribution in [0.25, 0.3) is 0 Å². The highest BCUT2D eigenvalue weighted by Crippen LogP contribution is 2.30. The first kappa shape index (κ1) is 13.1. The van der Waals surface area contributed by atoms with Gasteiger partial charge in [0.2, 0.25) is 0 Å². The molecule has 0 atom stereocenters. The minimum atomic E-state index is -0.186. The Morgan fingerprint density at radius 3 is 2.89 bits per heavy atom. The molecule has 1 aliphatic rings. The van der Waals surface area contributed by atoms with Crippen molar-refractivity contribution in [2.45, 2.75) is 44.6 Å². The molecule has 2 N–H and O–H groups in total. The predicted octanol–water partition coefficient (Wildman–Crippen LogP) is 1.66. The van der Waals surface area contributed by atoms with Gasteiger partial charge in [-0.15, -0.1) is 0 Å². The van der Waals surface area contributed by atoms with E-state index in [1.165, 1.54) is 0 Å². The topological polar surface area (TPSA) is 67.0 Å². The second-order valence-corrected chi connectivity index (χ2v) is 4.99. The highest BCUT2D eigenvalue weighted by atomic mass is 16.5. The SMILES string of the molecule is CCc1[nH]ncc1C(=O)NC1(COC)CCCC1. The van der Waals surface area contributed by atoms with Crippen molar-refractivity contribution in [1.82, 2.24) is 15.5 Å². The van der Waals surface area contributed by atoms with Gasteiger partial charge >= 0.3 is 0 Å². The van der Waals surface area contributed by atoms with Crippen molar-refractivity contribution in [3.05, 3.63) is 17.5 Å². The number of hydrogen-bond acceptors (Lipinski definition) is 3. The van der Waals surface area contributed by atoms with E-state index in [9.17, 15) is 4.79 Å². The summed E-state index contributed by atoms with van der Waals surface area (Å²) in [5.74, 6) is -0.0421. The molecule has 0 aromatic carbocycles. The predicted molar refractivity (Wildman–Crippen MR) is 68.5 cm³/mol. The summed E-state index contributed by atoms with van der Waals surface area (Å²) in [4.78, 5) is 12.3. The maximum atomic E-state index is 12.3. The van der Waals surface area contributed by atoms with Gasteiger partial charge < -0.3 is 10.1 Å². The molecule has 1 aliphatic carbocycles. The number of carbonyl (C=O) groups excluding carboxylic acids is 1. The molecule has 1 aromatic rings. The van der Waals surface area contributed by atoms with Crippen LogP contribution in [0.15, 0.2) is 6.20 Å². The molecule has 1 heterocycles. The van der Waals surface area contributed by atoms with E-state index < -0.39 is 0 Å². The number of hydrogen-bond donors (Lipinski definition) is 2. The number of aromatic nitrogens is 2. The Bertz CT molecular complexity index is 408. The number of ether oxygens (including phenoxy) is 1. The van der Waals surface area contributed by atoms with Crippen molar-refractivity contribution in [2.24, 2.45) is 0 Å². The minimum absolute atomic E-state index is 0.0421. The van der Waals surface area contributed by atoms with Crippen LogP contribution < -0.4 is 5.32 Å². The quantitative estimate of drug-likeness (QED) is 0.836. The average molecular weight is 251 g/mol. The highest BCUT2D eigenvalue weighted by molar-refractivity contribution is 5.95. The van der Waals surface area contributed by atoms with Crippen LogP contribution in [-0.4, -0.2) is 35.4 Å². The van der Waals surface area contributed by atoms with Crippen molar-refractivity contribution in [2.75, 3.05) is 13.7 Å². The Morgan fingerprint density at radius 2 is 2.28 bits per heavy atom. The van der Waals surface area contributed by atoms with E-state index >= 15 is 0 Å². The van der Waals surface area contributed by atoms with Gasteiger partial charge in [0.05, 0.1) is 23.9 Å². The van der Waals surface area contributed by atoms with Crippen LogP contribution in [0.2, 0.25) is 0 Å². The monoisotopic (exact) mass is 251 g/mol. The zero-order chi connectivity index (χ0) is 13.0. The van der Waals surface area contributed by atoms with Gasteiger partial charge in [0.15, 0.2) is 0 Å². The number of nitrogens with zero attached hydrogens (tertiary/aromatic N) is 1. The van der Waals surface area contributed by atoms with E-state index in [1.807, 2.05) is 6.92 Å². The minimum Gasteiger partial charge on any atom is -0.382 e. The largest absolute Gasteiger partial charge is 0.382 e. The molecule has 1 amide bonds. The Hall–Kier alpha value is -1.36. The lowest BCUT2D eigenvalue weighted by Gasteiger charge is -2.29.